The Balaban J connectivity index is 2.92. The van der Waals surface area contributed by atoms with Gasteiger partial charge in [-0.2, -0.15) is 0 Å². The van der Waals surface area contributed by atoms with Gasteiger partial charge in [0.15, 0.2) is 0 Å². The van der Waals surface area contributed by atoms with E-state index < -0.39 is 4.92 Å². The number of halogens is 1. The molecule has 0 spiro atoms. The molecule has 0 N–H and O–H groups in total. The van der Waals surface area contributed by atoms with Crippen LogP contribution < -0.4 is 0 Å². The molecule has 82 valence electrons. The van der Waals surface area contributed by atoms with Crippen LogP contribution in [-0.2, 0) is 0 Å². The number of aromatic nitrogens is 2. The van der Waals surface area contributed by atoms with Crippen LogP contribution in [0.25, 0.3) is 0 Å². The van der Waals surface area contributed by atoms with Gasteiger partial charge in [-0.25, -0.2) is 9.97 Å². The molecular weight excluding hydrogens is 262 g/mol. The van der Waals surface area contributed by atoms with Gasteiger partial charge in [-0.3, -0.25) is 10.1 Å². The second kappa shape index (κ2) is 5.16. The monoisotopic (exact) mass is 273 g/mol. The first-order chi connectivity index (χ1) is 7.06. The summed E-state index contributed by atoms with van der Waals surface area (Å²) in [6, 6.07) is 0. The van der Waals surface area contributed by atoms with Gasteiger partial charge in [-0.05, 0) is 6.42 Å². The fraction of sp³-hybridized carbons (Fsp3) is 0.556. The van der Waals surface area contributed by atoms with E-state index in [0.717, 1.165) is 6.42 Å². The molecule has 0 saturated carbocycles. The molecule has 2 unspecified atom stereocenters. The average molecular weight is 274 g/mol. The minimum atomic E-state index is -0.498. The predicted octanol–water partition coefficient (Wildman–Crippen LogP) is 2.66. The van der Waals surface area contributed by atoms with Crippen molar-refractivity contribution in [2.75, 3.05) is 0 Å². The lowest BCUT2D eigenvalue weighted by atomic mass is 10.0. The summed E-state index contributed by atoms with van der Waals surface area (Å²) in [6.07, 6.45) is 3.39. The zero-order chi connectivity index (χ0) is 11.4. The molecule has 0 aliphatic rings. The van der Waals surface area contributed by atoms with Crippen molar-refractivity contribution < 1.29 is 4.92 Å². The van der Waals surface area contributed by atoms with Gasteiger partial charge in [-0.15, -0.1) is 0 Å². The predicted molar refractivity (Wildman–Crippen MR) is 60.1 cm³/mol. The van der Waals surface area contributed by atoms with Crippen molar-refractivity contribution >= 4 is 21.6 Å². The van der Waals surface area contributed by atoms with Crippen LogP contribution in [0.1, 0.15) is 32.0 Å². The minimum Gasteiger partial charge on any atom is -0.258 e. The zero-order valence-electron chi connectivity index (χ0n) is 8.55. The Kier molecular flexibility index (Phi) is 4.14. The maximum absolute atomic E-state index is 10.4. The Morgan fingerprint density at radius 3 is 2.40 bits per heavy atom. The van der Waals surface area contributed by atoms with E-state index in [9.17, 15) is 10.1 Å². The van der Waals surface area contributed by atoms with Crippen LogP contribution in [0.4, 0.5) is 5.69 Å². The second-order valence-electron chi connectivity index (χ2n) is 3.25. The molecule has 0 bridgehead atoms. The lowest BCUT2D eigenvalue weighted by Gasteiger charge is -2.15. The van der Waals surface area contributed by atoms with Crippen LogP contribution in [0, 0.1) is 10.1 Å². The van der Waals surface area contributed by atoms with Crippen molar-refractivity contribution in [1.82, 2.24) is 9.97 Å². The average Bonchev–Trinajstić information content (AvgIpc) is 2.19. The van der Waals surface area contributed by atoms with Crippen LogP contribution in [0.2, 0.25) is 0 Å². The molecule has 0 fully saturated rings. The van der Waals surface area contributed by atoms with Crippen molar-refractivity contribution in [2.45, 2.75) is 31.0 Å². The molecule has 0 saturated heterocycles. The summed E-state index contributed by atoms with van der Waals surface area (Å²) in [7, 11) is 0. The first-order valence-corrected chi connectivity index (χ1v) is 5.58. The van der Waals surface area contributed by atoms with Gasteiger partial charge in [0.2, 0.25) is 0 Å². The Labute approximate surface area is 96.2 Å². The Morgan fingerprint density at radius 2 is 2.07 bits per heavy atom. The van der Waals surface area contributed by atoms with Crippen molar-refractivity contribution in [1.29, 1.82) is 0 Å². The van der Waals surface area contributed by atoms with E-state index >= 15 is 0 Å². The fourth-order valence-electron chi connectivity index (χ4n) is 1.33. The van der Waals surface area contributed by atoms with Gasteiger partial charge >= 0.3 is 5.69 Å². The van der Waals surface area contributed by atoms with Crippen LogP contribution in [0.5, 0.6) is 0 Å². The molecular formula is C9H12BrN3O2. The number of alkyl halides is 1. The maximum Gasteiger partial charge on any atom is 0.305 e. The topological polar surface area (TPSA) is 68.9 Å². The molecule has 0 radical (unpaired) electrons. The van der Waals surface area contributed by atoms with Gasteiger partial charge in [0.1, 0.15) is 18.2 Å². The van der Waals surface area contributed by atoms with Gasteiger partial charge in [0, 0.05) is 10.7 Å². The molecule has 1 aromatic rings. The molecule has 15 heavy (non-hydrogen) atoms. The molecule has 1 aromatic heterocycles. The van der Waals surface area contributed by atoms with E-state index in [4.69, 9.17) is 0 Å². The Morgan fingerprint density at radius 1 is 1.53 bits per heavy atom. The summed E-state index contributed by atoms with van der Waals surface area (Å²) in [5.41, 5.74) is -0.0733. The maximum atomic E-state index is 10.4. The molecule has 0 amide bonds. The normalized spacial score (nSPS) is 14.6. The molecule has 0 aromatic carbocycles. The van der Waals surface area contributed by atoms with Crippen molar-refractivity contribution in [3.63, 3.8) is 0 Å². The number of rotatable bonds is 4. The standard InChI is InChI=1S/C9H12BrN3O2/c1-3-8(6(2)10)9-11-4-7(5-12-9)13(14)15/h4-6,8H,3H2,1-2H3. The van der Waals surface area contributed by atoms with Gasteiger partial charge in [0.25, 0.3) is 0 Å². The van der Waals surface area contributed by atoms with Crippen molar-refractivity contribution in [2.24, 2.45) is 0 Å². The molecule has 5 nitrogen and oxygen atoms in total. The molecule has 1 heterocycles. The molecule has 0 aliphatic heterocycles. The lowest BCUT2D eigenvalue weighted by molar-refractivity contribution is -0.385. The highest BCUT2D eigenvalue weighted by atomic mass is 79.9. The van der Waals surface area contributed by atoms with E-state index in [-0.39, 0.29) is 16.4 Å². The number of hydrogen-bond acceptors (Lipinski definition) is 4. The number of nitro groups is 1. The van der Waals surface area contributed by atoms with E-state index in [0.29, 0.717) is 5.82 Å². The summed E-state index contributed by atoms with van der Waals surface area (Å²) in [5.74, 6) is 0.832. The summed E-state index contributed by atoms with van der Waals surface area (Å²) < 4.78 is 0. The van der Waals surface area contributed by atoms with Crippen molar-refractivity contribution in [3.8, 4) is 0 Å². The lowest BCUT2D eigenvalue weighted by Crippen LogP contribution is -2.11. The first kappa shape index (κ1) is 12.0. The summed E-state index contributed by atoms with van der Waals surface area (Å²) in [6.45, 7) is 4.05. The quantitative estimate of drug-likeness (QED) is 0.481. The van der Waals surface area contributed by atoms with Crippen LogP contribution >= 0.6 is 15.9 Å². The van der Waals surface area contributed by atoms with Crippen molar-refractivity contribution in [3.05, 3.63) is 28.3 Å². The zero-order valence-corrected chi connectivity index (χ0v) is 10.1. The fourth-order valence-corrected chi connectivity index (χ4v) is 1.94. The summed E-state index contributed by atoms with van der Waals surface area (Å²) in [4.78, 5) is 18.2. The van der Waals surface area contributed by atoms with Gasteiger partial charge in [-0.1, -0.05) is 29.8 Å². The largest absolute Gasteiger partial charge is 0.305 e. The number of nitrogens with zero attached hydrogens (tertiary/aromatic N) is 3. The highest BCUT2D eigenvalue weighted by molar-refractivity contribution is 9.09. The minimum absolute atomic E-state index is 0.0733. The van der Waals surface area contributed by atoms with Crippen LogP contribution in [0.3, 0.4) is 0 Å². The summed E-state index contributed by atoms with van der Waals surface area (Å²) >= 11 is 3.47. The van der Waals surface area contributed by atoms with Gasteiger partial charge in [0.05, 0.1) is 4.92 Å². The summed E-state index contributed by atoms with van der Waals surface area (Å²) in [5, 5.41) is 10.4. The first-order valence-electron chi connectivity index (χ1n) is 4.66. The molecule has 0 aliphatic carbocycles. The van der Waals surface area contributed by atoms with E-state index in [1.807, 2.05) is 13.8 Å². The van der Waals surface area contributed by atoms with E-state index in [2.05, 4.69) is 25.9 Å². The molecule has 2 atom stereocenters. The third-order valence-corrected chi connectivity index (χ3v) is 2.83. The van der Waals surface area contributed by atoms with E-state index in [1.54, 1.807) is 0 Å². The Bertz CT molecular complexity index is 340. The highest BCUT2D eigenvalue weighted by Gasteiger charge is 2.18. The van der Waals surface area contributed by atoms with E-state index in [1.165, 1.54) is 12.4 Å². The van der Waals surface area contributed by atoms with Gasteiger partial charge < -0.3 is 0 Å². The molecule has 6 heteroatoms. The third kappa shape index (κ3) is 2.95. The molecule has 1 rings (SSSR count). The third-order valence-electron chi connectivity index (χ3n) is 2.19. The van der Waals surface area contributed by atoms with Crippen LogP contribution in [-0.4, -0.2) is 19.7 Å². The Hall–Kier alpha value is -1.04. The smallest absolute Gasteiger partial charge is 0.258 e. The highest BCUT2D eigenvalue weighted by Crippen LogP contribution is 2.25. The SMILES string of the molecule is CCC(c1ncc([N+](=O)[O-])cn1)C(C)Br. The number of hydrogen-bond donors (Lipinski definition) is 0. The van der Waals surface area contributed by atoms with Crippen LogP contribution in [0.15, 0.2) is 12.4 Å². The second-order valence-corrected chi connectivity index (χ2v) is 4.69.